The second kappa shape index (κ2) is 7.22. The third-order valence-corrected chi connectivity index (χ3v) is 6.93. The Morgan fingerprint density at radius 3 is 2.42 bits per heavy atom. The van der Waals surface area contributed by atoms with E-state index in [0.29, 0.717) is 5.56 Å². The number of methoxy groups -OCH3 is 1. The predicted octanol–water partition coefficient (Wildman–Crippen LogP) is -0.289. The van der Waals surface area contributed by atoms with Gasteiger partial charge in [0.25, 0.3) is 5.91 Å². The molecule has 0 bridgehead atoms. The molecule has 3 aliphatic rings. The van der Waals surface area contributed by atoms with E-state index in [-0.39, 0.29) is 35.4 Å². The summed E-state index contributed by atoms with van der Waals surface area (Å²) in [5, 5.41) is 43.9. The van der Waals surface area contributed by atoms with Gasteiger partial charge in [-0.1, -0.05) is 0 Å². The van der Waals surface area contributed by atoms with Crippen LogP contribution < -0.4 is 16.2 Å². The van der Waals surface area contributed by atoms with Crippen LogP contribution in [0.1, 0.15) is 22.3 Å². The van der Waals surface area contributed by atoms with E-state index in [1.165, 1.54) is 18.1 Å². The number of benzene rings is 1. The number of likely N-dealkylation sites (N-methyl/N-ethyl adjacent to an activating group) is 1. The first-order chi connectivity index (χ1) is 15.4. The third kappa shape index (κ3) is 2.79. The number of aliphatic hydroxyl groups is 3. The standard InChI is InChI=1S/C22H25N3O8/c1-25(2)15-9-5-7-4-8-11(33-3)6-10(23)16(26)13(8)17(27)12(7)19(29)22(9,32)20(30)14(18(15)28)21(24)31/h6-7,9,15,26,28-29,32H,4-5,23H2,1-3H3,(H2,24,31)/t7-,9-,15-,22-/m0/s1. The first-order valence-electron chi connectivity index (χ1n) is 10.2. The summed E-state index contributed by atoms with van der Waals surface area (Å²) >= 11 is 0. The Morgan fingerprint density at radius 1 is 1.24 bits per heavy atom. The number of ether oxygens (including phenoxy) is 1. The van der Waals surface area contributed by atoms with Crippen LogP contribution in [0.2, 0.25) is 0 Å². The number of nitrogen functional groups attached to an aromatic ring is 1. The summed E-state index contributed by atoms with van der Waals surface area (Å²) in [4.78, 5) is 40.1. The molecule has 0 saturated carbocycles. The Bertz CT molecular complexity index is 1180. The number of phenols is 1. The lowest BCUT2D eigenvalue weighted by Crippen LogP contribution is -2.63. The van der Waals surface area contributed by atoms with Gasteiger partial charge in [-0.3, -0.25) is 19.3 Å². The van der Waals surface area contributed by atoms with Gasteiger partial charge in [-0.25, -0.2) is 0 Å². The van der Waals surface area contributed by atoms with E-state index in [0.717, 1.165) is 0 Å². The van der Waals surface area contributed by atoms with Crippen molar-refractivity contribution in [3.8, 4) is 11.5 Å². The molecule has 0 unspecified atom stereocenters. The molecule has 0 aliphatic heterocycles. The van der Waals surface area contributed by atoms with E-state index >= 15 is 0 Å². The number of hydrogen-bond acceptors (Lipinski definition) is 10. The molecule has 1 aromatic rings. The zero-order valence-electron chi connectivity index (χ0n) is 18.2. The summed E-state index contributed by atoms with van der Waals surface area (Å²) in [7, 11) is 4.52. The number of carbonyl (C=O) groups excluding carboxylic acids is 3. The maximum Gasteiger partial charge on any atom is 0.255 e. The number of amides is 1. The fraction of sp³-hybridized carbons (Fsp3) is 0.409. The van der Waals surface area contributed by atoms with Crippen molar-refractivity contribution in [3.05, 3.63) is 39.9 Å². The van der Waals surface area contributed by atoms with Crippen LogP contribution in [0, 0.1) is 11.8 Å². The molecule has 176 valence electrons. The molecule has 8 N–H and O–H groups in total. The molecule has 33 heavy (non-hydrogen) atoms. The van der Waals surface area contributed by atoms with Crippen molar-refractivity contribution in [1.82, 2.24) is 4.90 Å². The molecule has 0 heterocycles. The Kier molecular flexibility index (Phi) is 4.95. The van der Waals surface area contributed by atoms with E-state index < -0.39 is 63.8 Å². The van der Waals surface area contributed by atoms with Crippen molar-refractivity contribution >= 4 is 23.2 Å². The number of fused-ring (bicyclic) bond motifs is 3. The number of aromatic hydroxyl groups is 1. The zero-order valence-corrected chi connectivity index (χ0v) is 18.2. The number of Topliss-reactive ketones (excluding diaryl/α,β-unsaturated/α-hetero) is 2. The lowest BCUT2D eigenvalue weighted by molar-refractivity contribution is -0.148. The van der Waals surface area contributed by atoms with Crippen molar-refractivity contribution in [2.75, 3.05) is 26.9 Å². The highest BCUT2D eigenvalue weighted by Gasteiger charge is 2.63. The van der Waals surface area contributed by atoms with E-state index in [2.05, 4.69) is 0 Å². The van der Waals surface area contributed by atoms with Crippen LogP contribution in [-0.4, -0.2) is 75.6 Å². The Hall–Kier alpha value is -3.57. The normalized spacial score (nSPS) is 29.1. The second-order valence-electron chi connectivity index (χ2n) is 8.83. The van der Waals surface area contributed by atoms with Crippen LogP contribution in [0.4, 0.5) is 5.69 Å². The minimum atomic E-state index is -2.68. The number of hydrogen-bond donors (Lipinski definition) is 6. The fourth-order valence-corrected chi connectivity index (χ4v) is 5.49. The number of rotatable bonds is 3. The number of nitrogens with two attached hydrogens (primary N) is 2. The molecule has 0 radical (unpaired) electrons. The summed E-state index contributed by atoms with van der Waals surface area (Å²) in [6.07, 6.45) is 0.131. The van der Waals surface area contributed by atoms with Crippen LogP contribution >= 0.6 is 0 Å². The highest BCUT2D eigenvalue weighted by molar-refractivity contribution is 6.24. The molecule has 0 aromatic heterocycles. The molecule has 11 nitrogen and oxygen atoms in total. The van der Waals surface area contributed by atoms with Gasteiger partial charge < -0.3 is 36.6 Å². The molecule has 1 aromatic carbocycles. The second-order valence-corrected chi connectivity index (χ2v) is 8.83. The topological polar surface area (TPSA) is 197 Å². The third-order valence-electron chi connectivity index (χ3n) is 6.93. The molecular weight excluding hydrogens is 434 g/mol. The highest BCUT2D eigenvalue weighted by atomic mass is 16.5. The largest absolute Gasteiger partial charge is 0.510 e. The number of aliphatic hydroxyl groups excluding tert-OH is 2. The number of phenolic OH excluding ortho intramolecular Hbond substituents is 1. The van der Waals surface area contributed by atoms with Gasteiger partial charge in [-0.2, -0.15) is 0 Å². The summed E-state index contributed by atoms with van der Waals surface area (Å²) in [5.74, 6) is -6.90. The van der Waals surface area contributed by atoms with Crippen LogP contribution in [0.25, 0.3) is 0 Å². The number of ketones is 2. The molecule has 4 rings (SSSR count). The maximum atomic E-state index is 13.4. The molecule has 11 heteroatoms. The number of carbonyl (C=O) groups is 3. The predicted molar refractivity (Wildman–Crippen MR) is 115 cm³/mol. The monoisotopic (exact) mass is 459 g/mol. The van der Waals surface area contributed by atoms with E-state index in [1.54, 1.807) is 14.1 Å². The summed E-state index contributed by atoms with van der Waals surface area (Å²) < 4.78 is 5.33. The minimum absolute atomic E-state index is 0.0000541. The zero-order chi connectivity index (χ0) is 24.6. The number of anilines is 1. The summed E-state index contributed by atoms with van der Waals surface area (Å²) in [5.41, 5.74) is 7.39. The maximum absolute atomic E-state index is 13.4. The van der Waals surface area contributed by atoms with E-state index in [9.17, 15) is 34.8 Å². The Morgan fingerprint density at radius 2 is 1.88 bits per heavy atom. The quantitative estimate of drug-likeness (QED) is 0.198. The summed E-state index contributed by atoms with van der Waals surface area (Å²) in [6, 6.07) is 0.340. The average molecular weight is 459 g/mol. The highest BCUT2D eigenvalue weighted by Crippen LogP contribution is 2.53. The van der Waals surface area contributed by atoms with Crippen molar-refractivity contribution < 1.29 is 39.5 Å². The molecule has 3 aliphatic carbocycles. The van der Waals surface area contributed by atoms with E-state index in [4.69, 9.17) is 16.2 Å². The lowest BCUT2D eigenvalue weighted by atomic mass is 9.58. The number of allylic oxidation sites excluding steroid dienone is 1. The van der Waals surface area contributed by atoms with Gasteiger partial charge in [0.2, 0.25) is 5.78 Å². The van der Waals surface area contributed by atoms with Crippen molar-refractivity contribution in [2.24, 2.45) is 17.6 Å². The van der Waals surface area contributed by atoms with Gasteiger partial charge >= 0.3 is 0 Å². The Balaban J connectivity index is 1.99. The number of primary amides is 1. The molecule has 1 amide bonds. The van der Waals surface area contributed by atoms with Gasteiger partial charge in [0.05, 0.1) is 24.4 Å². The van der Waals surface area contributed by atoms with Crippen molar-refractivity contribution in [1.29, 1.82) is 0 Å². The van der Waals surface area contributed by atoms with Crippen LogP contribution in [0.15, 0.2) is 28.7 Å². The van der Waals surface area contributed by atoms with E-state index in [1.807, 2.05) is 0 Å². The van der Waals surface area contributed by atoms with Crippen molar-refractivity contribution in [2.45, 2.75) is 24.5 Å². The summed E-state index contributed by atoms with van der Waals surface area (Å²) in [6.45, 7) is 0. The van der Waals surface area contributed by atoms with Gasteiger partial charge in [-0.15, -0.1) is 0 Å². The smallest absolute Gasteiger partial charge is 0.255 e. The molecular formula is C22H25N3O8. The minimum Gasteiger partial charge on any atom is -0.510 e. The van der Waals surface area contributed by atoms with Crippen LogP contribution in [0.3, 0.4) is 0 Å². The Labute approximate surface area is 188 Å². The van der Waals surface area contributed by atoms with Gasteiger partial charge in [0.15, 0.2) is 11.4 Å². The number of nitrogens with zero attached hydrogens (tertiary/aromatic N) is 1. The van der Waals surface area contributed by atoms with Gasteiger partial charge in [0, 0.05) is 23.1 Å². The molecule has 0 saturated heterocycles. The first-order valence-corrected chi connectivity index (χ1v) is 10.2. The molecule has 0 spiro atoms. The first kappa shape index (κ1) is 22.6. The fourth-order valence-electron chi connectivity index (χ4n) is 5.49. The average Bonchev–Trinajstić information content (AvgIpc) is 2.72. The van der Waals surface area contributed by atoms with Crippen LogP contribution in [-0.2, 0) is 16.0 Å². The van der Waals surface area contributed by atoms with Crippen molar-refractivity contribution in [3.63, 3.8) is 0 Å². The molecule has 0 fully saturated rings. The van der Waals surface area contributed by atoms with Gasteiger partial charge in [-0.05, 0) is 32.9 Å². The SMILES string of the molecule is COc1cc(N)c(O)c2c1C[C@H]1C[C@H]3[C@H](N(C)C)C(O)=C(C(N)=O)C(=O)[C@@]3(O)C(O)=C1C2=O. The van der Waals surface area contributed by atoms with Gasteiger partial charge in [0.1, 0.15) is 28.6 Å². The van der Waals surface area contributed by atoms with Crippen LogP contribution in [0.5, 0.6) is 11.5 Å². The lowest BCUT2D eigenvalue weighted by Gasteiger charge is -2.50. The molecule has 4 atom stereocenters.